The number of unbranched alkanes of at least 4 members (excludes halogenated alkanes) is 1. The highest BCUT2D eigenvalue weighted by atomic mass is 32.1. The highest BCUT2D eigenvalue weighted by molar-refractivity contribution is 7.96. The van der Waals surface area contributed by atoms with Gasteiger partial charge in [0.2, 0.25) is 0 Å². The molecule has 0 fully saturated rings. The number of carbonyl (C=O) groups is 2. The van der Waals surface area contributed by atoms with Gasteiger partial charge in [-0.05, 0) is 6.42 Å². The van der Waals surface area contributed by atoms with Crippen LogP contribution in [0.25, 0.3) is 0 Å². The first kappa shape index (κ1) is 9.69. The maximum absolute atomic E-state index is 10.7. The minimum atomic E-state index is -0.332. The summed E-state index contributed by atoms with van der Waals surface area (Å²) in [4.78, 5) is 21.0. The van der Waals surface area contributed by atoms with Crippen molar-refractivity contribution in [2.24, 2.45) is 0 Å². The second-order valence-corrected chi connectivity index (χ2v) is 2.71. The van der Waals surface area contributed by atoms with Crippen LogP contribution >= 0.6 is 12.6 Å². The Morgan fingerprint density at radius 3 is 2.40 bits per heavy atom. The normalized spacial score (nSPS) is 9.40. The van der Waals surface area contributed by atoms with E-state index in [0.717, 1.165) is 12.8 Å². The van der Waals surface area contributed by atoms with Crippen LogP contribution in [0.4, 0.5) is 0 Å². The zero-order valence-electron chi connectivity index (χ0n) is 6.09. The SMILES string of the molecule is CCCCC(=O)CC(=O)S. The number of hydrogen-bond donors (Lipinski definition) is 1. The van der Waals surface area contributed by atoms with E-state index in [2.05, 4.69) is 12.6 Å². The first-order valence-electron chi connectivity index (χ1n) is 3.40. The minimum absolute atomic E-state index is 0.00171. The number of carbonyl (C=O) groups excluding carboxylic acids is 2. The number of Topliss-reactive ketones (excluding diaryl/α,β-unsaturated/α-hetero) is 1. The van der Waals surface area contributed by atoms with Gasteiger partial charge in [0.05, 0.1) is 6.42 Å². The predicted octanol–water partition coefficient (Wildman–Crippen LogP) is 1.59. The summed E-state index contributed by atoms with van der Waals surface area (Å²) in [5, 5.41) is -0.332. The number of thiol groups is 1. The molecule has 0 spiro atoms. The fourth-order valence-corrected chi connectivity index (χ4v) is 0.807. The number of rotatable bonds is 5. The second-order valence-electron chi connectivity index (χ2n) is 2.21. The van der Waals surface area contributed by atoms with E-state index >= 15 is 0 Å². The van der Waals surface area contributed by atoms with Crippen LogP contribution in [-0.2, 0) is 9.59 Å². The Morgan fingerprint density at radius 2 is 2.00 bits per heavy atom. The molecule has 0 amide bonds. The van der Waals surface area contributed by atoms with Gasteiger partial charge in [-0.25, -0.2) is 0 Å². The van der Waals surface area contributed by atoms with Crippen molar-refractivity contribution >= 4 is 23.5 Å². The Bertz CT molecular complexity index is 132. The van der Waals surface area contributed by atoms with Gasteiger partial charge in [0.1, 0.15) is 5.78 Å². The highest BCUT2D eigenvalue weighted by Gasteiger charge is 2.03. The summed E-state index contributed by atoms with van der Waals surface area (Å²) in [5.41, 5.74) is 0. The fourth-order valence-electron chi connectivity index (χ4n) is 0.631. The molecule has 0 aromatic heterocycles. The Kier molecular flexibility index (Phi) is 5.30. The van der Waals surface area contributed by atoms with Crippen molar-refractivity contribution in [1.29, 1.82) is 0 Å². The van der Waals surface area contributed by atoms with E-state index < -0.39 is 0 Å². The van der Waals surface area contributed by atoms with Gasteiger partial charge < -0.3 is 0 Å². The van der Waals surface area contributed by atoms with E-state index in [1.807, 2.05) is 6.92 Å². The van der Waals surface area contributed by atoms with E-state index in [0.29, 0.717) is 6.42 Å². The molecule has 0 aromatic carbocycles. The fraction of sp³-hybridized carbons (Fsp3) is 0.714. The van der Waals surface area contributed by atoms with Gasteiger partial charge in [-0.3, -0.25) is 9.59 Å². The molecule has 0 aliphatic heterocycles. The molecule has 0 saturated heterocycles. The van der Waals surface area contributed by atoms with E-state index in [-0.39, 0.29) is 17.3 Å². The molecule has 0 unspecified atom stereocenters. The summed E-state index contributed by atoms with van der Waals surface area (Å²) >= 11 is 3.50. The molecule has 0 aliphatic carbocycles. The molecule has 0 aliphatic rings. The Balaban J connectivity index is 3.35. The van der Waals surface area contributed by atoms with Crippen LogP contribution in [0.15, 0.2) is 0 Å². The average Bonchev–Trinajstić information content (AvgIpc) is 1.82. The number of hydrogen-bond acceptors (Lipinski definition) is 2. The largest absolute Gasteiger partial charge is 0.299 e. The molecule has 0 aromatic rings. The van der Waals surface area contributed by atoms with Crippen molar-refractivity contribution in [3.05, 3.63) is 0 Å². The standard InChI is InChI=1S/C7H12O2S/c1-2-3-4-6(8)5-7(9)10/h2-5H2,1H3,(H,9,10). The maximum atomic E-state index is 10.7. The molecule has 0 atom stereocenters. The van der Waals surface area contributed by atoms with Crippen LogP contribution in [-0.4, -0.2) is 10.9 Å². The minimum Gasteiger partial charge on any atom is -0.299 e. The quantitative estimate of drug-likeness (QED) is 0.489. The van der Waals surface area contributed by atoms with Gasteiger partial charge in [0, 0.05) is 6.42 Å². The molecular weight excluding hydrogens is 148 g/mol. The van der Waals surface area contributed by atoms with E-state index in [9.17, 15) is 9.59 Å². The summed E-state index contributed by atoms with van der Waals surface area (Å²) in [5.74, 6) is 0.00171. The van der Waals surface area contributed by atoms with Crippen molar-refractivity contribution in [2.45, 2.75) is 32.6 Å². The first-order valence-corrected chi connectivity index (χ1v) is 3.85. The summed E-state index contributed by atoms with van der Waals surface area (Å²) in [6, 6.07) is 0. The maximum Gasteiger partial charge on any atom is 0.193 e. The van der Waals surface area contributed by atoms with Gasteiger partial charge in [-0.2, -0.15) is 0 Å². The summed E-state index contributed by atoms with van der Waals surface area (Å²) in [6.07, 6.45) is 2.37. The third-order valence-electron chi connectivity index (χ3n) is 1.16. The highest BCUT2D eigenvalue weighted by Crippen LogP contribution is 1.99. The van der Waals surface area contributed by atoms with E-state index in [1.165, 1.54) is 0 Å². The van der Waals surface area contributed by atoms with Gasteiger partial charge >= 0.3 is 0 Å². The van der Waals surface area contributed by atoms with Crippen LogP contribution in [0.3, 0.4) is 0 Å². The molecule has 0 bridgehead atoms. The Labute approximate surface area is 66.4 Å². The molecular formula is C7H12O2S. The van der Waals surface area contributed by atoms with Crippen molar-refractivity contribution in [2.75, 3.05) is 0 Å². The number of ketones is 1. The van der Waals surface area contributed by atoms with Crippen LogP contribution in [0.1, 0.15) is 32.6 Å². The Hall–Kier alpha value is -0.310. The van der Waals surface area contributed by atoms with Gasteiger partial charge in [0.25, 0.3) is 0 Å². The molecule has 0 heterocycles. The summed E-state index contributed by atoms with van der Waals surface area (Å²) in [7, 11) is 0. The average molecular weight is 160 g/mol. The Morgan fingerprint density at radius 1 is 1.40 bits per heavy atom. The van der Waals surface area contributed by atoms with Crippen molar-refractivity contribution < 1.29 is 9.59 Å². The first-order chi connectivity index (χ1) is 4.66. The lowest BCUT2D eigenvalue weighted by atomic mass is 10.1. The third kappa shape index (κ3) is 5.82. The van der Waals surface area contributed by atoms with Gasteiger partial charge in [-0.15, -0.1) is 12.6 Å². The van der Waals surface area contributed by atoms with E-state index in [4.69, 9.17) is 0 Å². The third-order valence-corrected chi connectivity index (χ3v) is 1.32. The molecule has 58 valence electrons. The monoisotopic (exact) mass is 160 g/mol. The zero-order chi connectivity index (χ0) is 7.98. The predicted molar refractivity (Wildman–Crippen MR) is 43.1 cm³/mol. The van der Waals surface area contributed by atoms with E-state index in [1.54, 1.807) is 0 Å². The van der Waals surface area contributed by atoms with Crippen LogP contribution in [0.5, 0.6) is 0 Å². The summed E-state index contributed by atoms with van der Waals surface area (Å²) < 4.78 is 0. The second kappa shape index (κ2) is 5.47. The lowest BCUT2D eigenvalue weighted by Crippen LogP contribution is -2.01. The lowest BCUT2D eigenvalue weighted by molar-refractivity contribution is -0.123. The van der Waals surface area contributed by atoms with Crippen LogP contribution in [0.2, 0.25) is 0 Å². The van der Waals surface area contributed by atoms with Crippen molar-refractivity contribution in [1.82, 2.24) is 0 Å². The molecule has 0 saturated carbocycles. The molecule has 0 radical (unpaired) electrons. The molecule has 10 heavy (non-hydrogen) atoms. The lowest BCUT2D eigenvalue weighted by Gasteiger charge is -1.93. The van der Waals surface area contributed by atoms with Crippen LogP contribution in [0, 0.1) is 0 Å². The zero-order valence-corrected chi connectivity index (χ0v) is 6.99. The molecule has 0 N–H and O–H groups in total. The summed E-state index contributed by atoms with van der Waals surface area (Å²) in [6.45, 7) is 2.01. The smallest absolute Gasteiger partial charge is 0.193 e. The van der Waals surface area contributed by atoms with Crippen LogP contribution < -0.4 is 0 Å². The topological polar surface area (TPSA) is 34.1 Å². The molecule has 2 nitrogen and oxygen atoms in total. The van der Waals surface area contributed by atoms with Gasteiger partial charge in [0.15, 0.2) is 5.12 Å². The van der Waals surface area contributed by atoms with Gasteiger partial charge in [-0.1, -0.05) is 13.3 Å². The molecule has 3 heteroatoms. The van der Waals surface area contributed by atoms with Crippen molar-refractivity contribution in [3.8, 4) is 0 Å². The molecule has 0 rings (SSSR count). The van der Waals surface area contributed by atoms with Crippen molar-refractivity contribution in [3.63, 3.8) is 0 Å².